The number of halogens is 2. The summed E-state index contributed by atoms with van der Waals surface area (Å²) in [5.41, 5.74) is 2.65. The Morgan fingerprint density at radius 2 is 1.94 bits per heavy atom. The average Bonchev–Trinajstić information content (AvgIpc) is 3.26. The lowest BCUT2D eigenvalue weighted by atomic mass is 9.89. The van der Waals surface area contributed by atoms with Gasteiger partial charge in [0.15, 0.2) is 11.5 Å². The second kappa shape index (κ2) is 9.94. The van der Waals surface area contributed by atoms with Gasteiger partial charge in [-0.3, -0.25) is 4.79 Å². The van der Waals surface area contributed by atoms with Gasteiger partial charge in [0.05, 0.1) is 14.2 Å². The van der Waals surface area contributed by atoms with Crippen molar-refractivity contribution in [2.45, 2.75) is 25.4 Å². The third-order valence-electron chi connectivity index (χ3n) is 6.01. The number of rotatable bonds is 7. The number of benzene rings is 2. The van der Waals surface area contributed by atoms with E-state index in [0.29, 0.717) is 24.6 Å². The molecule has 0 atom stereocenters. The Hall–Kier alpha value is -3.55. The van der Waals surface area contributed by atoms with Gasteiger partial charge in [0.1, 0.15) is 5.75 Å². The number of para-hydroxylation sites is 1. The van der Waals surface area contributed by atoms with E-state index in [-0.39, 0.29) is 17.4 Å². The minimum absolute atomic E-state index is 0.0903. The van der Waals surface area contributed by atoms with Gasteiger partial charge in [-0.2, -0.15) is 8.78 Å². The van der Waals surface area contributed by atoms with Gasteiger partial charge in [-0.05, 0) is 54.7 Å². The summed E-state index contributed by atoms with van der Waals surface area (Å²) >= 11 is 0. The molecule has 4 rings (SSSR count). The zero-order valence-electron chi connectivity index (χ0n) is 18.5. The maximum Gasteiger partial charge on any atom is 0.387 e. The van der Waals surface area contributed by atoms with Crippen LogP contribution in [-0.2, 0) is 4.79 Å². The number of H-pyrrole nitrogens is 1. The third-order valence-corrected chi connectivity index (χ3v) is 6.01. The number of hydrogen-bond acceptors (Lipinski definition) is 4. The van der Waals surface area contributed by atoms with E-state index in [1.807, 2.05) is 24.4 Å². The molecule has 1 aromatic heterocycles. The lowest BCUT2D eigenvalue weighted by Crippen LogP contribution is -2.36. The van der Waals surface area contributed by atoms with E-state index in [2.05, 4.69) is 9.72 Å². The Bertz CT molecular complexity index is 1150. The maximum absolute atomic E-state index is 12.8. The quantitative estimate of drug-likeness (QED) is 0.496. The molecule has 174 valence electrons. The first-order valence-electron chi connectivity index (χ1n) is 10.7. The van der Waals surface area contributed by atoms with E-state index >= 15 is 0 Å². The molecule has 1 amide bonds. The number of hydrogen-bond donors (Lipinski definition) is 1. The van der Waals surface area contributed by atoms with E-state index < -0.39 is 6.61 Å². The van der Waals surface area contributed by atoms with Crippen LogP contribution in [0.15, 0.2) is 48.7 Å². The number of fused-ring (bicyclic) bond motifs is 1. The molecule has 1 aliphatic heterocycles. The normalized spacial score (nSPS) is 14.9. The van der Waals surface area contributed by atoms with Crippen LogP contribution in [0.4, 0.5) is 8.78 Å². The second-order valence-electron chi connectivity index (χ2n) is 7.85. The minimum atomic E-state index is -2.99. The number of amides is 1. The fourth-order valence-corrected chi connectivity index (χ4v) is 4.30. The van der Waals surface area contributed by atoms with Crippen LogP contribution in [0.5, 0.6) is 17.2 Å². The number of nitrogens with zero attached hydrogens (tertiary/aromatic N) is 1. The smallest absolute Gasteiger partial charge is 0.387 e. The van der Waals surface area contributed by atoms with Crippen molar-refractivity contribution in [2.75, 3.05) is 27.3 Å². The summed E-state index contributed by atoms with van der Waals surface area (Å²) < 4.78 is 40.7. The van der Waals surface area contributed by atoms with Crippen LogP contribution in [0.3, 0.4) is 0 Å². The number of carbonyl (C=O) groups excluding carboxylic acids is 1. The van der Waals surface area contributed by atoms with Crippen LogP contribution >= 0.6 is 0 Å². The number of aromatic amines is 1. The molecule has 0 bridgehead atoms. The summed E-state index contributed by atoms with van der Waals surface area (Å²) in [6.45, 7) is -1.76. The van der Waals surface area contributed by atoms with E-state index in [1.165, 1.54) is 30.9 Å². The zero-order valence-corrected chi connectivity index (χ0v) is 18.5. The van der Waals surface area contributed by atoms with Crippen molar-refractivity contribution in [2.24, 2.45) is 0 Å². The maximum atomic E-state index is 12.8. The number of likely N-dealkylation sites (tertiary alicyclic amines) is 1. The van der Waals surface area contributed by atoms with Gasteiger partial charge in [-0.1, -0.05) is 12.1 Å². The molecular weight excluding hydrogens is 430 g/mol. The molecule has 3 aromatic rings. The molecule has 1 N–H and O–H groups in total. The summed E-state index contributed by atoms with van der Waals surface area (Å²) in [6, 6.07) is 10.8. The predicted octanol–water partition coefficient (Wildman–Crippen LogP) is 5.21. The standard InChI is InChI=1S/C25H26F2N2O4/c1-31-18-7-8-21-19(14-18)20(15-28-21)16-10-12-29(13-11-16)23(30)9-6-17-4-3-5-22(32-2)24(17)33-25(26)27/h3-9,14-16,25,28H,10-13H2,1-2H3/b9-6+. The SMILES string of the molecule is COc1ccc2[nH]cc(C3CCN(C(=O)/C=C/c4cccc(OC)c4OC(F)F)CC3)c2c1. The highest BCUT2D eigenvalue weighted by Gasteiger charge is 2.25. The van der Waals surface area contributed by atoms with Crippen molar-refractivity contribution in [1.82, 2.24) is 9.88 Å². The first-order valence-corrected chi connectivity index (χ1v) is 10.7. The number of methoxy groups -OCH3 is 2. The molecule has 0 spiro atoms. The number of carbonyl (C=O) groups is 1. The molecular formula is C25H26F2N2O4. The average molecular weight is 456 g/mol. The number of nitrogens with one attached hydrogen (secondary N) is 1. The van der Waals surface area contributed by atoms with Crippen LogP contribution in [0, 0.1) is 0 Å². The van der Waals surface area contributed by atoms with Gasteiger partial charge < -0.3 is 24.1 Å². The molecule has 2 heterocycles. The Balaban J connectivity index is 1.43. The molecule has 6 nitrogen and oxygen atoms in total. The topological polar surface area (TPSA) is 63.8 Å². The summed E-state index contributed by atoms with van der Waals surface area (Å²) in [5, 5.41) is 1.14. The fraction of sp³-hybridized carbons (Fsp3) is 0.320. The van der Waals surface area contributed by atoms with Crippen molar-refractivity contribution >= 4 is 22.9 Å². The Morgan fingerprint density at radius 3 is 2.64 bits per heavy atom. The van der Waals surface area contributed by atoms with Crippen LogP contribution in [0.25, 0.3) is 17.0 Å². The van der Waals surface area contributed by atoms with Crippen molar-refractivity contribution in [3.63, 3.8) is 0 Å². The Labute approximate surface area is 190 Å². The van der Waals surface area contributed by atoms with Crippen LogP contribution in [-0.4, -0.2) is 49.7 Å². The first-order chi connectivity index (χ1) is 16.0. The van der Waals surface area contributed by atoms with Crippen molar-refractivity contribution in [3.05, 3.63) is 59.8 Å². The molecule has 1 fully saturated rings. The highest BCUT2D eigenvalue weighted by Crippen LogP contribution is 2.35. The number of alkyl halides is 2. The molecule has 8 heteroatoms. The fourth-order valence-electron chi connectivity index (χ4n) is 4.30. The number of aromatic nitrogens is 1. The molecule has 2 aromatic carbocycles. The van der Waals surface area contributed by atoms with E-state index in [1.54, 1.807) is 24.1 Å². The van der Waals surface area contributed by atoms with E-state index in [4.69, 9.17) is 9.47 Å². The van der Waals surface area contributed by atoms with Gasteiger partial charge in [-0.15, -0.1) is 0 Å². The highest BCUT2D eigenvalue weighted by molar-refractivity contribution is 5.92. The van der Waals surface area contributed by atoms with Gasteiger partial charge in [0.2, 0.25) is 5.91 Å². The van der Waals surface area contributed by atoms with Crippen molar-refractivity contribution in [1.29, 1.82) is 0 Å². The third kappa shape index (κ3) is 4.94. The predicted molar refractivity (Wildman–Crippen MR) is 122 cm³/mol. The second-order valence-corrected chi connectivity index (χ2v) is 7.85. The van der Waals surface area contributed by atoms with Crippen LogP contribution in [0.2, 0.25) is 0 Å². The lowest BCUT2D eigenvalue weighted by molar-refractivity contribution is -0.126. The Morgan fingerprint density at radius 1 is 1.15 bits per heavy atom. The molecule has 1 aliphatic rings. The van der Waals surface area contributed by atoms with Gasteiger partial charge >= 0.3 is 6.61 Å². The molecule has 33 heavy (non-hydrogen) atoms. The first kappa shape index (κ1) is 22.6. The summed E-state index contributed by atoms with van der Waals surface area (Å²) in [4.78, 5) is 17.8. The summed E-state index contributed by atoms with van der Waals surface area (Å²) in [7, 11) is 3.03. The van der Waals surface area contributed by atoms with Crippen LogP contribution in [0.1, 0.15) is 29.9 Å². The summed E-state index contributed by atoms with van der Waals surface area (Å²) in [6.07, 6.45) is 6.59. The minimum Gasteiger partial charge on any atom is -0.497 e. The largest absolute Gasteiger partial charge is 0.497 e. The lowest BCUT2D eigenvalue weighted by Gasteiger charge is -2.31. The summed E-state index contributed by atoms with van der Waals surface area (Å²) in [5.74, 6) is 1.07. The van der Waals surface area contributed by atoms with Crippen molar-refractivity contribution < 1.29 is 27.8 Å². The molecule has 0 unspecified atom stereocenters. The highest BCUT2D eigenvalue weighted by atomic mass is 19.3. The van der Waals surface area contributed by atoms with Gasteiger partial charge in [0, 0.05) is 41.8 Å². The Kier molecular flexibility index (Phi) is 6.82. The number of ether oxygens (including phenoxy) is 3. The molecule has 0 aliphatic carbocycles. The van der Waals surface area contributed by atoms with Crippen molar-refractivity contribution in [3.8, 4) is 17.2 Å². The van der Waals surface area contributed by atoms with E-state index in [0.717, 1.165) is 29.5 Å². The molecule has 0 saturated carbocycles. The monoisotopic (exact) mass is 456 g/mol. The molecule has 0 radical (unpaired) electrons. The zero-order chi connectivity index (χ0) is 23.4. The van der Waals surface area contributed by atoms with Gasteiger partial charge in [-0.25, -0.2) is 0 Å². The van der Waals surface area contributed by atoms with Gasteiger partial charge in [0.25, 0.3) is 0 Å². The van der Waals surface area contributed by atoms with Crippen LogP contribution < -0.4 is 14.2 Å². The molecule has 1 saturated heterocycles. The van der Waals surface area contributed by atoms with E-state index in [9.17, 15) is 13.6 Å². The number of piperidine rings is 1.